The second kappa shape index (κ2) is 12.5. The van der Waals surface area contributed by atoms with E-state index in [0.29, 0.717) is 36.4 Å². The van der Waals surface area contributed by atoms with E-state index in [2.05, 4.69) is 32.5 Å². The number of ether oxygens (including phenoxy) is 1. The highest BCUT2D eigenvalue weighted by molar-refractivity contribution is 6.00. The summed E-state index contributed by atoms with van der Waals surface area (Å²) >= 11 is 0. The fraction of sp³-hybridized carbons (Fsp3) is 0.464. The van der Waals surface area contributed by atoms with Gasteiger partial charge in [0, 0.05) is 43.9 Å². The number of carbonyl (C=O) groups is 2. The maximum absolute atomic E-state index is 13.1. The van der Waals surface area contributed by atoms with Crippen LogP contribution in [-0.2, 0) is 4.79 Å². The van der Waals surface area contributed by atoms with Gasteiger partial charge in [-0.15, -0.1) is 0 Å². The molecule has 38 heavy (non-hydrogen) atoms. The summed E-state index contributed by atoms with van der Waals surface area (Å²) in [6.07, 6.45) is 12.5. The van der Waals surface area contributed by atoms with Crippen molar-refractivity contribution >= 4 is 17.8 Å². The minimum atomic E-state index is -0.434. The Hall–Kier alpha value is -3.95. The van der Waals surface area contributed by atoms with Gasteiger partial charge in [0.05, 0.1) is 11.3 Å². The molecule has 2 aliphatic rings. The van der Waals surface area contributed by atoms with Crippen LogP contribution in [0.25, 0.3) is 0 Å². The molecular weight excluding hydrogens is 484 g/mol. The van der Waals surface area contributed by atoms with Gasteiger partial charge < -0.3 is 24.7 Å². The van der Waals surface area contributed by atoms with Crippen molar-refractivity contribution in [3.05, 3.63) is 65.0 Å². The molecule has 1 aliphatic heterocycles. The molecule has 2 N–H and O–H groups in total. The summed E-state index contributed by atoms with van der Waals surface area (Å²) in [5.74, 6) is -0.647. The molecule has 0 saturated carbocycles. The number of oxazole rings is 1. The Bertz CT molecular complexity index is 1240. The van der Waals surface area contributed by atoms with E-state index >= 15 is 0 Å². The average Bonchev–Trinajstić information content (AvgIpc) is 3.32. The van der Waals surface area contributed by atoms with Crippen molar-refractivity contribution in [2.24, 2.45) is 0 Å². The largest absolute Gasteiger partial charge is 0.460 e. The summed E-state index contributed by atoms with van der Waals surface area (Å²) in [5, 5.41) is 5.87. The molecule has 10 heteroatoms. The zero-order valence-corrected chi connectivity index (χ0v) is 22.5. The molecule has 1 fully saturated rings. The van der Waals surface area contributed by atoms with Gasteiger partial charge in [0.25, 0.3) is 17.8 Å². The standard InChI is InChI=1S/C28H36N6O4/c1-5-18(3)30-25(35)22-16-20(6-2)8-7-9-23(22)32-26(36)24-17-37-28(33-24)34-14-11-21(12-15-34)38-27-29-13-10-19(4)31-27/h7,9-10,13,16-18,21H,5-6,8,11-12,14-15H2,1-4H3,(H,30,35)(H,32,36). The third-order valence-electron chi connectivity index (χ3n) is 6.72. The number of hydrogen-bond acceptors (Lipinski definition) is 8. The van der Waals surface area contributed by atoms with Crippen molar-refractivity contribution in [3.63, 3.8) is 0 Å². The van der Waals surface area contributed by atoms with Crippen LogP contribution in [0.4, 0.5) is 6.01 Å². The molecular formula is C28H36N6O4. The Morgan fingerprint density at radius 2 is 2.00 bits per heavy atom. The second-order valence-electron chi connectivity index (χ2n) is 9.63. The number of anilines is 1. The fourth-order valence-corrected chi connectivity index (χ4v) is 4.20. The molecule has 2 aromatic heterocycles. The number of hydrogen-bond donors (Lipinski definition) is 2. The van der Waals surface area contributed by atoms with Crippen LogP contribution in [0.15, 0.2) is 58.0 Å². The van der Waals surface area contributed by atoms with Gasteiger partial charge >= 0.3 is 6.01 Å². The Morgan fingerprint density at radius 3 is 2.71 bits per heavy atom. The van der Waals surface area contributed by atoms with E-state index < -0.39 is 5.91 Å². The topological polar surface area (TPSA) is 122 Å². The smallest absolute Gasteiger partial charge is 0.316 e. The lowest BCUT2D eigenvalue weighted by molar-refractivity contribution is -0.117. The van der Waals surface area contributed by atoms with Gasteiger partial charge in [0.15, 0.2) is 5.69 Å². The zero-order valence-electron chi connectivity index (χ0n) is 22.5. The quantitative estimate of drug-likeness (QED) is 0.508. The third kappa shape index (κ3) is 6.87. The lowest BCUT2D eigenvalue weighted by atomic mass is 10.1. The van der Waals surface area contributed by atoms with Crippen LogP contribution < -0.4 is 20.3 Å². The first-order valence-electron chi connectivity index (χ1n) is 13.3. The summed E-state index contributed by atoms with van der Waals surface area (Å²) < 4.78 is 11.6. The van der Waals surface area contributed by atoms with Crippen LogP contribution in [0.1, 0.15) is 69.1 Å². The molecule has 0 bridgehead atoms. The van der Waals surface area contributed by atoms with E-state index in [0.717, 1.165) is 43.4 Å². The van der Waals surface area contributed by atoms with Crippen molar-refractivity contribution in [1.29, 1.82) is 0 Å². The van der Waals surface area contributed by atoms with Gasteiger partial charge in [-0.25, -0.2) is 9.97 Å². The maximum Gasteiger partial charge on any atom is 0.316 e. The van der Waals surface area contributed by atoms with Gasteiger partial charge in [-0.1, -0.05) is 25.5 Å². The first kappa shape index (κ1) is 27.1. The van der Waals surface area contributed by atoms with Crippen molar-refractivity contribution < 1.29 is 18.7 Å². The van der Waals surface area contributed by atoms with Gasteiger partial charge in [-0.3, -0.25) is 9.59 Å². The second-order valence-corrected chi connectivity index (χ2v) is 9.63. The molecule has 1 unspecified atom stereocenters. The number of piperidine rings is 1. The minimum Gasteiger partial charge on any atom is -0.460 e. The molecule has 0 radical (unpaired) electrons. The number of nitrogens with one attached hydrogen (secondary N) is 2. The number of carbonyl (C=O) groups excluding carboxylic acids is 2. The van der Waals surface area contributed by atoms with Crippen molar-refractivity contribution in [2.45, 2.75) is 71.9 Å². The van der Waals surface area contributed by atoms with Crippen LogP contribution in [0.2, 0.25) is 0 Å². The van der Waals surface area contributed by atoms with E-state index in [1.165, 1.54) is 6.26 Å². The molecule has 1 saturated heterocycles. The van der Waals surface area contributed by atoms with Crippen LogP contribution in [-0.4, -0.2) is 52.0 Å². The number of aryl methyl sites for hydroxylation is 1. The van der Waals surface area contributed by atoms with E-state index in [1.807, 2.05) is 43.9 Å². The molecule has 1 atom stereocenters. The average molecular weight is 521 g/mol. The number of rotatable bonds is 9. The molecule has 4 rings (SSSR count). The fourth-order valence-electron chi connectivity index (χ4n) is 4.20. The molecule has 2 aromatic rings. The highest BCUT2D eigenvalue weighted by Crippen LogP contribution is 2.23. The Kier molecular flexibility index (Phi) is 8.93. The predicted molar refractivity (Wildman–Crippen MR) is 144 cm³/mol. The summed E-state index contributed by atoms with van der Waals surface area (Å²) in [6.45, 7) is 9.24. The normalized spacial score (nSPS) is 17.1. The van der Waals surface area contributed by atoms with Crippen LogP contribution in [0.3, 0.4) is 0 Å². The van der Waals surface area contributed by atoms with E-state index in [1.54, 1.807) is 12.3 Å². The predicted octanol–water partition coefficient (Wildman–Crippen LogP) is 4.02. The molecule has 3 heterocycles. The highest BCUT2D eigenvalue weighted by Gasteiger charge is 2.26. The summed E-state index contributed by atoms with van der Waals surface area (Å²) in [4.78, 5) is 41.0. The van der Waals surface area contributed by atoms with Crippen molar-refractivity contribution in [2.75, 3.05) is 18.0 Å². The summed E-state index contributed by atoms with van der Waals surface area (Å²) in [5.41, 5.74) is 3.01. The lowest BCUT2D eigenvalue weighted by Gasteiger charge is -2.30. The number of amides is 2. The van der Waals surface area contributed by atoms with Crippen LogP contribution >= 0.6 is 0 Å². The van der Waals surface area contributed by atoms with E-state index in [-0.39, 0.29) is 23.7 Å². The number of aromatic nitrogens is 3. The Balaban J connectivity index is 1.41. The van der Waals surface area contributed by atoms with Crippen LogP contribution in [0, 0.1) is 6.92 Å². The van der Waals surface area contributed by atoms with Crippen molar-refractivity contribution in [1.82, 2.24) is 25.6 Å². The Labute approximate surface area is 223 Å². The van der Waals surface area contributed by atoms with E-state index in [4.69, 9.17) is 9.15 Å². The summed E-state index contributed by atoms with van der Waals surface area (Å²) in [6, 6.07) is 2.62. The van der Waals surface area contributed by atoms with E-state index in [9.17, 15) is 9.59 Å². The molecule has 0 aromatic carbocycles. The van der Waals surface area contributed by atoms with Gasteiger partial charge in [0.1, 0.15) is 12.4 Å². The van der Waals surface area contributed by atoms with Crippen molar-refractivity contribution in [3.8, 4) is 6.01 Å². The summed E-state index contributed by atoms with van der Waals surface area (Å²) in [7, 11) is 0. The minimum absolute atomic E-state index is 0.000743. The monoisotopic (exact) mass is 520 g/mol. The van der Waals surface area contributed by atoms with Crippen LogP contribution in [0.5, 0.6) is 6.01 Å². The molecule has 10 nitrogen and oxygen atoms in total. The molecule has 2 amide bonds. The highest BCUT2D eigenvalue weighted by atomic mass is 16.5. The molecule has 0 spiro atoms. The SMILES string of the molecule is CCC1=CC(C(=O)NC(C)CC)=C(NC(=O)c2coc(N3CCC(Oc4nccc(C)n4)CC3)n2)C=CC1. The number of nitrogens with zero attached hydrogens (tertiary/aromatic N) is 4. The zero-order chi connectivity index (χ0) is 27.1. The first-order chi connectivity index (χ1) is 18.4. The lowest BCUT2D eigenvalue weighted by Crippen LogP contribution is -2.38. The molecule has 202 valence electrons. The first-order valence-corrected chi connectivity index (χ1v) is 13.3. The third-order valence-corrected chi connectivity index (χ3v) is 6.72. The molecule has 1 aliphatic carbocycles. The maximum atomic E-state index is 13.1. The number of allylic oxidation sites excluding steroid dienone is 3. The Morgan fingerprint density at radius 1 is 1.21 bits per heavy atom. The van der Waals surface area contributed by atoms with Gasteiger partial charge in [-0.2, -0.15) is 4.98 Å². The van der Waals surface area contributed by atoms with Gasteiger partial charge in [0.2, 0.25) is 0 Å². The van der Waals surface area contributed by atoms with Gasteiger partial charge in [-0.05, 0) is 51.3 Å².